The van der Waals surface area contributed by atoms with E-state index in [2.05, 4.69) is 34.4 Å². The highest BCUT2D eigenvalue weighted by Crippen LogP contribution is 2.27. The smallest absolute Gasteiger partial charge is 0.0928 e. The van der Waals surface area contributed by atoms with E-state index in [-0.39, 0.29) is 0 Å². The number of aromatic nitrogens is 1. The summed E-state index contributed by atoms with van der Waals surface area (Å²) in [6.07, 6.45) is 3.06. The number of thioether (sulfide) groups is 1. The van der Waals surface area contributed by atoms with Gasteiger partial charge in [-0.25, -0.2) is 4.98 Å². The van der Waals surface area contributed by atoms with Crippen LogP contribution in [0.5, 0.6) is 0 Å². The normalized spacial score (nSPS) is 26.9. The van der Waals surface area contributed by atoms with Crippen molar-refractivity contribution in [3.8, 4) is 0 Å². The summed E-state index contributed by atoms with van der Waals surface area (Å²) in [5.74, 6) is 3.34. The van der Waals surface area contributed by atoms with Crippen LogP contribution in [0.1, 0.15) is 11.9 Å². The fourth-order valence-corrected chi connectivity index (χ4v) is 4.01. The highest BCUT2D eigenvalue weighted by atomic mass is 32.2. The maximum atomic E-state index is 4.36. The van der Waals surface area contributed by atoms with Crippen molar-refractivity contribution in [2.24, 2.45) is 5.92 Å². The summed E-state index contributed by atoms with van der Waals surface area (Å²) in [5, 5.41) is 6.92. The Labute approximate surface area is 93.5 Å². The molecule has 4 heteroatoms. The van der Waals surface area contributed by atoms with Crippen molar-refractivity contribution in [3.05, 3.63) is 16.6 Å². The highest BCUT2D eigenvalue weighted by molar-refractivity contribution is 7.99. The molecular formula is C10H16N2S2. The van der Waals surface area contributed by atoms with Crippen molar-refractivity contribution in [2.45, 2.75) is 19.4 Å². The Morgan fingerprint density at radius 2 is 2.50 bits per heavy atom. The lowest BCUT2D eigenvalue weighted by atomic mass is 10.0. The van der Waals surface area contributed by atoms with Gasteiger partial charge >= 0.3 is 0 Å². The van der Waals surface area contributed by atoms with Gasteiger partial charge in [0.15, 0.2) is 0 Å². The molecule has 1 aliphatic rings. The van der Waals surface area contributed by atoms with E-state index < -0.39 is 0 Å². The molecule has 14 heavy (non-hydrogen) atoms. The second kappa shape index (κ2) is 5.14. The molecule has 2 unspecified atom stereocenters. The first-order valence-corrected chi connectivity index (χ1v) is 7.13. The van der Waals surface area contributed by atoms with Crippen molar-refractivity contribution in [1.29, 1.82) is 0 Å². The number of hydrogen-bond acceptors (Lipinski definition) is 4. The standard InChI is InChI=1S/C10H16N2S2/c1-2-11-9-7-13-6-8(9)5-10-12-3-4-14-10/h3-4,8-9,11H,2,5-7H2,1H3. The summed E-state index contributed by atoms with van der Waals surface area (Å²) < 4.78 is 0. The molecule has 78 valence electrons. The largest absolute Gasteiger partial charge is 0.313 e. The van der Waals surface area contributed by atoms with Crippen LogP contribution in [0.15, 0.2) is 11.6 Å². The zero-order chi connectivity index (χ0) is 9.80. The first kappa shape index (κ1) is 10.5. The Kier molecular flexibility index (Phi) is 3.84. The molecular weight excluding hydrogens is 212 g/mol. The molecule has 1 saturated heterocycles. The van der Waals surface area contributed by atoms with Gasteiger partial charge in [-0.15, -0.1) is 11.3 Å². The van der Waals surface area contributed by atoms with Gasteiger partial charge in [0.1, 0.15) is 0 Å². The van der Waals surface area contributed by atoms with E-state index in [0.29, 0.717) is 6.04 Å². The Balaban J connectivity index is 1.90. The Morgan fingerprint density at radius 1 is 1.57 bits per heavy atom. The van der Waals surface area contributed by atoms with Gasteiger partial charge in [0, 0.05) is 29.8 Å². The van der Waals surface area contributed by atoms with E-state index in [9.17, 15) is 0 Å². The number of nitrogens with zero attached hydrogens (tertiary/aromatic N) is 1. The molecule has 2 heterocycles. The Bertz CT molecular complexity index is 261. The van der Waals surface area contributed by atoms with Gasteiger partial charge in [-0.05, 0) is 18.2 Å². The lowest BCUT2D eigenvalue weighted by Gasteiger charge is -2.18. The fourth-order valence-electron chi connectivity index (χ4n) is 1.87. The average molecular weight is 228 g/mol. The van der Waals surface area contributed by atoms with Crippen molar-refractivity contribution >= 4 is 23.1 Å². The maximum Gasteiger partial charge on any atom is 0.0928 e. The predicted octanol–water partition coefficient (Wildman–Crippen LogP) is 2.03. The summed E-state index contributed by atoms with van der Waals surface area (Å²) in [6.45, 7) is 3.27. The van der Waals surface area contributed by atoms with Gasteiger partial charge in [-0.2, -0.15) is 11.8 Å². The zero-order valence-corrected chi connectivity index (χ0v) is 10.0. The van der Waals surface area contributed by atoms with E-state index in [4.69, 9.17) is 0 Å². The lowest BCUT2D eigenvalue weighted by Crippen LogP contribution is -2.36. The maximum absolute atomic E-state index is 4.36. The quantitative estimate of drug-likeness (QED) is 0.853. The van der Waals surface area contributed by atoms with Crippen molar-refractivity contribution < 1.29 is 0 Å². The molecule has 1 aromatic rings. The summed E-state index contributed by atoms with van der Waals surface area (Å²) >= 11 is 3.85. The second-order valence-electron chi connectivity index (χ2n) is 3.59. The minimum absolute atomic E-state index is 0.703. The van der Waals surface area contributed by atoms with Gasteiger partial charge in [-0.3, -0.25) is 0 Å². The van der Waals surface area contributed by atoms with Crippen LogP contribution >= 0.6 is 23.1 Å². The topological polar surface area (TPSA) is 24.9 Å². The molecule has 1 N–H and O–H groups in total. The third-order valence-corrected chi connectivity index (χ3v) is 4.65. The van der Waals surface area contributed by atoms with E-state index >= 15 is 0 Å². The number of rotatable bonds is 4. The average Bonchev–Trinajstić information content (AvgIpc) is 2.80. The summed E-state index contributed by atoms with van der Waals surface area (Å²) in [6, 6.07) is 0.703. The van der Waals surface area contributed by atoms with Crippen molar-refractivity contribution in [3.63, 3.8) is 0 Å². The molecule has 1 aromatic heterocycles. The van der Waals surface area contributed by atoms with Crippen molar-refractivity contribution in [1.82, 2.24) is 10.3 Å². The molecule has 0 aliphatic carbocycles. The molecule has 1 aliphatic heterocycles. The first-order chi connectivity index (χ1) is 6.90. The fraction of sp³-hybridized carbons (Fsp3) is 0.700. The van der Waals surface area contributed by atoms with Crippen LogP contribution in [0.25, 0.3) is 0 Å². The van der Waals surface area contributed by atoms with Gasteiger partial charge in [-0.1, -0.05) is 6.92 Å². The van der Waals surface area contributed by atoms with Gasteiger partial charge < -0.3 is 5.32 Å². The van der Waals surface area contributed by atoms with E-state index in [1.165, 1.54) is 16.5 Å². The Morgan fingerprint density at radius 3 is 3.21 bits per heavy atom. The van der Waals surface area contributed by atoms with E-state index in [1.54, 1.807) is 11.3 Å². The van der Waals surface area contributed by atoms with E-state index in [0.717, 1.165) is 18.9 Å². The molecule has 2 nitrogen and oxygen atoms in total. The van der Waals surface area contributed by atoms with Crippen LogP contribution in [-0.4, -0.2) is 29.1 Å². The molecule has 0 spiro atoms. The minimum atomic E-state index is 0.703. The van der Waals surface area contributed by atoms with Crippen LogP contribution in [0, 0.1) is 5.92 Å². The monoisotopic (exact) mass is 228 g/mol. The SMILES string of the molecule is CCNC1CSCC1Cc1nccs1. The lowest BCUT2D eigenvalue weighted by molar-refractivity contribution is 0.433. The van der Waals surface area contributed by atoms with Crippen LogP contribution in [-0.2, 0) is 6.42 Å². The van der Waals surface area contributed by atoms with Gasteiger partial charge in [0.25, 0.3) is 0 Å². The molecule has 0 aromatic carbocycles. The van der Waals surface area contributed by atoms with Crippen molar-refractivity contribution in [2.75, 3.05) is 18.1 Å². The number of nitrogens with one attached hydrogen (secondary N) is 1. The molecule has 0 radical (unpaired) electrons. The molecule has 0 saturated carbocycles. The third kappa shape index (κ3) is 2.49. The molecule has 0 amide bonds. The number of hydrogen-bond donors (Lipinski definition) is 1. The van der Waals surface area contributed by atoms with Gasteiger partial charge in [0.05, 0.1) is 5.01 Å². The molecule has 0 bridgehead atoms. The third-order valence-electron chi connectivity index (χ3n) is 2.58. The predicted molar refractivity (Wildman–Crippen MR) is 64.1 cm³/mol. The van der Waals surface area contributed by atoms with E-state index in [1.807, 2.05) is 6.20 Å². The summed E-state index contributed by atoms with van der Waals surface area (Å²) in [4.78, 5) is 4.36. The highest BCUT2D eigenvalue weighted by Gasteiger charge is 2.27. The van der Waals surface area contributed by atoms with Crippen LogP contribution in [0.2, 0.25) is 0 Å². The molecule has 1 fully saturated rings. The molecule has 2 atom stereocenters. The van der Waals surface area contributed by atoms with Gasteiger partial charge in [0.2, 0.25) is 0 Å². The minimum Gasteiger partial charge on any atom is -0.313 e. The second-order valence-corrected chi connectivity index (χ2v) is 5.65. The van der Waals surface area contributed by atoms with Crippen LogP contribution < -0.4 is 5.32 Å². The number of thiazole rings is 1. The Hall–Kier alpha value is -0.0600. The van der Waals surface area contributed by atoms with Crippen LogP contribution in [0.4, 0.5) is 0 Å². The molecule has 2 rings (SSSR count). The summed E-state index contributed by atoms with van der Waals surface area (Å²) in [5.41, 5.74) is 0. The summed E-state index contributed by atoms with van der Waals surface area (Å²) in [7, 11) is 0. The zero-order valence-electron chi connectivity index (χ0n) is 8.40. The van der Waals surface area contributed by atoms with Crippen LogP contribution in [0.3, 0.4) is 0 Å². The first-order valence-electron chi connectivity index (χ1n) is 5.09.